The van der Waals surface area contributed by atoms with E-state index in [2.05, 4.69) is 22.2 Å². The highest BCUT2D eigenvalue weighted by Crippen LogP contribution is 2.32. The average molecular weight is 376 g/mol. The van der Waals surface area contributed by atoms with Crippen LogP contribution in [0.15, 0.2) is 0 Å². The molecule has 2 saturated heterocycles. The van der Waals surface area contributed by atoms with E-state index in [0.717, 1.165) is 63.3 Å². The van der Waals surface area contributed by atoms with Crippen LogP contribution in [0.3, 0.4) is 0 Å². The Morgan fingerprint density at radius 2 is 1.70 bits per heavy atom. The number of hydrogen-bond donors (Lipinski definition) is 1. The summed E-state index contributed by atoms with van der Waals surface area (Å²) >= 11 is 0. The number of nitrogens with zero attached hydrogens (tertiary/aromatic N) is 4. The summed E-state index contributed by atoms with van der Waals surface area (Å²) in [6.45, 7) is 7.50. The van der Waals surface area contributed by atoms with Crippen LogP contribution in [0.25, 0.3) is 0 Å². The Kier molecular flexibility index (Phi) is 6.07. The van der Waals surface area contributed by atoms with Gasteiger partial charge in [0.15, 0.2) is 0 Å². The SMILES string of the molecule is CNC(=O)N1CCC(C2CCN(C(=O)CCc3c(C)nn(C)c3C)C2)CC1. The van der Waals surface area contributed by atoms with Crippen molar-refractivity contribution < 1.29 is 9.59 Å². The van der Waals surface area contributed by atoms with Gasteiger partial charge in [-0.2, -0.15) is 5.10 Å². The number of piperidine rings is 1. The van der Waals surface area contributed by atoms with Gasteiger partial charge in [0.25, 0.3) is 0 Å². The Hall–Kier alpha value is -2.05. The number of aromatic nitrogens is 2. The van der Waals surface area contributed by atoms with Gasteiger partial charge in [0.2, 0.25) is 5.91 Å². The van der Waals surface area contributed by atoms with Crippen molar-refractivity contribution in [1.29, 1.82) is 0 Å². The van der Waals surface area contributed by atoms with Crippen molar-refractivity contribution in [2.75, 3.05) is 33.2 Å². The fraction of sp³-hybridized carbons (Fsp3) is 0.750. The molecule has 3 heterocycles. The molecule has 2 aliphatic heterocycles. The summed E-state index contributed by atoms with van der Waals surface area (Å²) in [5.74, 6) is 1.48. The maximum absolute atomic E-state index is 12.7. The van der Waals surface area contributed by atoms with Gasteiger partial charge in [-0.05, 0) is 56.9 Å². The standard InChI is InChI=1S/C20H33N5O2/c1-14-18(15(2)23(4)22-14)5-6-19(26)25-12-9-17(13-25)16-7-10-24(11-8-16)20(27)21-3/h16-17H,5-13H2,1-4H3,(H,21,27). The zero-order valence-corrected chi connectivity index (χ0v) is 17.1. The number of amides is 3. The van der Waals surface area contributed by atoms with Gasteiger partial charge in [-0.15, -0.1) is 0 Å². The molecular formula is C20H33N5O2. The molecular weight excluding hydrogens is 342 g/mol. The first-order valence-corrected chi connectivity index (χ1v) is 10.1. The topological polar surface area (TPSA) is 70.5 Å². The van der Waals surface area contributed by atoms with Crippen molar-refractivity contribution >= 4 is 11.9 Å². The summed E-state index contributed by atoms with van der Waals surface area (Å²) in [5.41, 5.74) is 3.40. The minimum atomic E-state index is 0.0256. The van der Waals surface area contributed by atoms with Crippen molar-refractivity contribution in [2.24, 2.45) is 18.9 Å². The van der Waals surface area contributed by atoms with E-state index >= 15 is 0 Å². The van der Waals surface area contributed by atoms with Gasteiger partial charge in [0.1, 0.15) is 0 Å². The molecule has 0 bridgehead atoms. The first kappa shape index (κ1) is 19.7. The van der Waals surface area contributed by atoms with Gasteiger partial charge in [-0.3, -0.25) is 9.48 Å². The number of aryl methyl sites for hydroxylation is 2. The third-order valence-corrected chi connectivity index (χ3v) is 6.53. The van der Waals surface area contributed by atoms with Gasteiger partial charge < -0.3 is 15.1 Å². The number of carbonyl (C=O) groups excluding carboxylic acids is 2. The molecule has 0 radical (unpaired) electrons. The van der Waals surface area contributed by atoms with Crippen molar-refractivity contribution in [1.82, 2.24) is 24.9 Å². The Morgan fingerprint density at radius 3 is 2.30 bits per heavy atom. The number of likely N-dealkylation sites (tertiary alicyclic amines) is 2. The maximum atomic E-state index is 12.7. The lowest BCUT2D eigenvalue weighted by atomic mass is 9.84. The molecule has 0 spiro atoms. The van der Waals surface area contributed by atoms with Crippen LogP contribution >= 0.6 is 0 Å². The van der Waals surface area contributed by atoms with E-state index in [1.165, 1.54) is 5.56 Å². The van der Waals surface area contributed by atoms with E-state index in [1.54, 1.807) is 7.05 Å². The number of hydrogen-bond acceptors (Lipinski definition) is 3. The van der Waals surface area contributed by atoms with Crippen LogP contribution in [0.5, 0.6) is 0 Å². The third kappa shape index (κ3) is 4.28. The highest BCUT2D eigenvalue weighted by atomic mass is 16.2. The molecule has 1 N–H and O–H groups in total. The molecule has 1 atom stereocenters. The Bertz CT molecular complexity index is 691. The molecule has 0 saturated carbocycles. The summed E-state index contributed by atoms with van der Waals surface area (Å²) in [4.78, 5) is 28.4. The second-order valence-electron chi connectivity index (χ2n) is 8.04. The van der Waals surface area contributed by atoms with Crippen LogP contribution < -0.4 is 5.32 Å². The van der Waals surface area contributed by atoms with Crippen molar-refractivity contribution in [3.8, 4) is 0 Å². The summed E-state index contributed by atoms with van der Waals surface area (Å²) in [6, 6.07) is 0.0256. The molecule has 1 aromatic heterocycles. The van der Waals surface area contributed by atoms with E-state index in [0.29, 0.717) is 18.3 Å². The fourth-order valence-corrected chi connectivity index (χ4v) is 4.70. The molecule has 2 fully saturated rings. The molecule has 0 aliphatic carbocycles. The highest BCUT2D eigenvalue weighted by Gasteiger charge is 2.34. The smallest absolute Gasteiger partial charge is 0.317 e. The molecule has 3 rings (SSSR count). The molecule has 1 aromatic rings. The quantitative estimate of drug-likeness (QED) is 0.873. The largest absolute Gasteiger partial charge is 0.342 e. The van der Waals surface area contributed by atoms with E-state index in [-0.39, 0.29) is 11.9 Å². The lowest BCUT2D eigenvalue weighted by molar-refractivity contribution is -0.130. The van der Waals surface area contributed by atoms with E-state index < -0.39 is 0 Å². The number of urea groups is 1. The lowest BCUT2D eigenvalue weighted by Gasteiger charge is -2.34. The number of nitrogens with one attached hydrogen (secondary N) is 1. The Morgan fingerprint density at radius 1 is 1.07 bits per heavy atom. The lowest BCUT2D eigenvalue weighted by Crippen LogP contribution is -2.44. The Labute approximate surface area is 162 Å². The second kappa shape index (κ2) is 8.31. The highest BCUT2D eigenvalue weighted by molar-refractivity contribution is 5.77. The molecule has 2 aliphatic rings. The predicted octanol–water partition coefficient (Wildman–Crippen LogP) is 1.87. The zero-order chi connectivity index (χ0) is 19.6. The summed E-state index contributed by atoms with van der Waals surface area (Å²) in [7, 11) is 3.64. The van der Waals surface area contributed by atoms with Gasteiger partial charge in [-0.1, -0.05) is 0 Å². The van der Waals surface area contributed by atoms with Crippen molar-refractivity contribution in [3.05, 3.63) is 17.0 Å². The molecule has 0 aromatic carbocycles. The van der Waals surface area contributed by atoms with Crippen LogP contribution in [0.1, 0.15) is 42.6 Å². The molecule has 7 nitrogen and oxygen atoms in total. The zero-order valence-electron chi connectivity index (χ0n) is 17.1. The minimum Gasteiger partial charge on any atom is -0.342 e. The van der Waals surface area contributed by atoms with Crippen molar-refractivity contribution in [3.63, 3.8) is 0 Å². The molecule has 3 amide bonds. The average Bonchev–Trinajstić information content (AvgIpc) is 3.25. The summed E-state index contributed by atoms with van der Waals surface area (Å²) in [5, 5.41) is 7.15. The molecule has 27 heavy (non-hydrogen) atoms. The predicted molar refractivity (Wildman–Crippen MR) is 104 cm³/mol. The third-order valence-electron chi connectivity index (χ3n) is 6.53. The molecule has 1 unspecified atom stereocenters. The van der Waals surface area contributed by atoms with Gasteiger partial charge >= 0.3 is 6.03 Å². The van der Waals surface area contributed by atoms with Crippen molar-refractivity contribution in [2.45, 2.75) is 46.0 Å². The first-order valence-electron chi connectivity index (χ1n) is 10.1. The van der Waals surface area contributed by atoms with E-state index in [1.807, 2.05) is 23.6 Å². The summed E-state index contributed by atoms with van der Waals surface area (Å²) in [6.07, 6.45) is 4.54. The number of carbonyl (C=O) groups is 2. The van der Waals surface area contributed by atoms with Gasteiger partial charge in [0.05, 0.1) is 5.69 Å². The van der Waals surface area contributed by atoms with E-state index in [9.17, 15) is 9.59 Å². The van der Waals surface area contributed by atoms with Gasteiger partial charge in [0, 0.05) is 52.4 Å². The first-order chi connectivity index (χ1) is 12.9. The number of rotatable bonds is 4. The minimum absolute atomic E-state index is 0.0256. The van der Waals surface area contributed by atoms with Crippen LogP contribution in [0, 0.1) is 25.7 Å². The molecule has 150 valence electrons. The Balaban J connectivity index is 1.46. The normalized spacial score (nSPS) is 21.0. The van der Waals surface area contributed by atoms with Crippen LogP contribution in [0.2, 0.25) is 0 Å². The molecule has 7 heteroatoms. The van der Waals surface area contributed by atoms with E-state index in [4.69, 9.17) is 0 Å². The monoisotopic (exact) mass is 375 g/mol. The second-order valence-corrected chi connectivity index (χ2v) is 8.04. The van der Waals surface area contributed by atoms with Gasteiger partial charge in [-0.25, -0.2) is 4.79 Å². The summed E-state index contributed by atoms with van der Waals surface area (Å²) < 4.78 is 1.90. The van der Waals surface area contributed by atoms with Crippen LogP contribution in [-0.2, 0) is 18.3 Å². The van der Waals surface area contributed by atoms with Crippen LogP contribution in [0.4, 0.5) is 4.79 Å². The van der Waals surface area contributed by atoms with Crippen LogP contribution in [-0.4, -0.2) is 64.7 Å². The maximum Gasteiger partial charge on any atom is 0.317 e. The fourth-order valence-electron chi connectivity index (χ4n) is 4.70.